The highest BCUT2D eigenvalue weighted by molar-refractivity contribution is 6.74. The topological polar surface area (TPSA) is 97.5 Å². The first-order valence-electron chi connectivity index (χ1n) is 7.35. The van der Waals surface area contributed by atoms with Crippen molar-refractivity contribution in [1.82, 2.24) is 10.3 Å². The predicted molar refractivity (Wildman–Crippen MR) is 90.3 cm³/mol. The maximum absolute atomic E-state index is 13.3. The first kappa shape index (κ1) is 19.4. The summed E-state index contributed by atoms with van der Waals surface area (Å²) in [7, 11) is -2.09. The van der Waals surface area contributed by atoms with Crippen molar-refractivity contribution in [2.75, 3.05) is 12.3 Å². The van der Waals surface area contributed by atoms with E-state index < -0.39 is 25.8 Å². The molecule has 4 N–H and O–H groups in total. The molecule has 23 heavy (non-hydrogen) atoms. The largest absolute Gasteiger partial charge is 0.465 e. The van der Waals surface area contributed by atoms with Crippen molar-refractivity contribution in [3.8, 4) is 0 Å². The van der Waals surface area contributed by atoms with Crippen LogP contribution in [0.25, 0.3) is 0 Å². The maximum Gasteiger partial charge on any atom is 0.405 e. The van der Waals surface area contributed by atoms with Gasteiger partial charge in [0.05, 0.1) is 24.2 Å². The lowest BCUT2D eigenvalue weighted by Crippen LogP contribution is -2.51. The summed E-state index contributed by atoms with van der Waals surface area (Å²) in [6, 6.07) is 1.33. The van der Waals surface area contributed by atoms with E-state index in [1.165, 1.54) is 6.07 Å². The van der Waals surface area contributed by atoms with Gasteiger partial charge in [-0.25, -0.2) is 9.18 Å². The summed E-state index contributed by atoms with van der Waals surface area (Å²) in [6.45, 7) is 12.2. The fourth-order valence-electron chi connectivity index (χ4n) is 1.71. The van der Waals surface area contributed by atoms with Crippen LogP contribution in [-0.4, -0.2) is 31.1 Å². The van der Waals surface area contributed by atoms with Crippen molar-refractivity contribution >= 4 is 20.1 Å². The molecule has 1 aromatic heterocycles. The zero-order chi connectivity index (χ0) is 18.1. The number of rotatable bonds is 5. The van der Waals surface area contributed by atoms with E-state index >= 15 is 0 Å². The molecule has 1 aromatic rings. The zero-order valence-corrected chi connectivity index (χ0v) is 15.5. The van der Waals surface area contributed by atoms with Crippen LogP contribution in [-0.2, 0) is 9.96 Å². The number of nitrogens with one attached hydrogen (secondary N) is 1. The van der Waals surface area contributed by atoms with Gasteiger partial charge in [-0.2, -0.15) is 0 Å². The van der Waals surface area contributed by atoms with E-state index in [-0.39, 0.29) is 17.3 Å². The number of hydrogen-bond acceptors (Lipinski definition) is 4. The first-order valence-corrected chi connectivity index (χ1v) is 10.3. The number of amides is 1. The number of carbonyl (C=O) groups is 1. The smallest absolute Gasteiger partial charge is 0.405 e. The van der Waals surface area contributed by atoms with Gasteiger partial charge in [-0.3, -0.25) is 4.98 Å². The van der Waals surface area contributed by atoms with Crippen LogP contribution in [0.2, 0.25) is 18.1 Å². The molecule has 0 radical (unpaired) electrons. The molecule has 0 spiro atoms. The predicted octanol–water partition coefficient (Wildman–Crippen LogP) is 3.31. The van der Waals surface area contributed by atoms with Crippen LogP contribution >= 0.6 is 0 Å². The first-order chi connectivity index (χ1) is 10.3. The van der Waals surface area contributed by atoms with Gasteiger partial charge in [0.2, 0.25) is 0 Å². The number of nitrogen functional groups attached to an aromatic ring is 1. The Morgan fingerprint density at radius 3 is 2.43 bits per heavy atom. The molecule has 0 aliphatic rings. The fourth-order valence-corrected chi connectivity index (χ4v) is 2.79. The van der Waals surface area contributed by atoms with Crippen molar-refractivity contribution in [1.29, 1.82) is 0 Å². The third-order valence-electron chi connectivity index (χ3n) is 4.36. The highest BCUT2D eigenvalue weighted by atomic mass is 28.4. The van der Waals surface area contributed by atoms with Crippen LogP contribution in [0.4, 0.5) is 14.9 Å². The van der Waals surface area contributed by atoms with E-state index in [2.05, 4.69) is 44.2 Å². The van der Waals surface area contributed by atoms with Gasteiger partial charge in [0, 0.05) is 0 Å². The van der Waals surface area contributed by atoms with Gasteiger partial charge in [0.1, 0.15) is 5.54 Å². The monoisotopic (exact) mass is 343 g/mol. The number of anilines is 1. The third-order valence-corrected chi connectivity index (χ3v) is 8.84. The van der Waals surface area contributed by atoms with Crippen molar-refractivity contribution < 1.29 is 18.7 Å². The van der Waals surface area contributed by atoms with Gasteiger partial charge in [-0.05, 0) is 31.1 Å². The highest BCUT2D eigenvalue weighted by Crippen LogP contribution is 2.37. The van der Waals surface area contributed by atoms with Crippen molar-refractivity contribution in [2.24, 2.45) is 0 Å². The van der Waals surface area contributed by atoms with Crippen LogP contribution in [0.5, 0.6) is 0 Å². The Bertz CT molecular complexity index is 590. The van der Waals surface area contributed by atoms with Gasteiger partial charge in [-0.1, -0.05) is 20.8 Å². The summed E-state index contributed by atoms with van der Waals surface area (Å²) in [5, 5.41) is 11.5. The molecule has 1 heterocycles. The second-order valence-corrected chi connectivity index (χ2v) is 12.2. The average Bonchev–Trinajstić information content (AvgIpc) is 2.37. The Labute approximate surface area is 137 Å². The number of nitrogens with two attached hydrogens (primary N) is 1. The quantitative estimate of drug-likeness (QED) is 0.713. The van der Waals surface area contributed by atoms with E-state index in [9.17, 15) is 9.18 Å². The molecule has 8 heteroatoms. The Morgan fingerprint density at radius 2 is 2.00 bits per heavy atom. The third kappa shape index (κ3) is 4.65. The van der Waals surface area contributed by atoms with Crippen molar-refractivity contribution in [2.45, 2.75) is 51.4 Å². The molecule has 1 unspecified atom stereocenters. The molecule has 0 bridgehead atoms. The van der Waals surface area contributed by atoms with Gasteiger partial charge in [-0.15, -0.1) is 0 Å². The molecule has 0 aliphatic heterocycles. The number of aromatic nitrogens is 1. The van der Waals surface area contributed by atoms with Crippen LogP contribution in [0.1, 0.15) is 33.4 Å². The van der Waals surface area contributed by atoms with Crippen molar-refractivity contribution in [3.63, 3.8) is 0 Å². The van der Waals surface area contributed by atoms with E-state index in [0.717, 1.165) is 6.20 Å². The lowest BCUT2D eigenvalue weighted by molar-refractivity contribution is 0.147. The van der Waals surface area contributed by atoms with Crippen LogP contribution in [0.15, 0.2) is 12.3 Å². The molecular weight excluding hydrogens is 317 g/mol. The zero-order valence-electron chi connectivity index (χ0n) is 14.5. The Hall–Kier alpha value is -1.67. The average molecular weight is 343 g/mol. The Balaban J connectivity index is 3.12. The molecule has 1 atom stereocenters. The summed E-state index contributed by atoms with van der Waals surface area (Å²) in [4.78, 5) is 15.2. The minimum absolute atomic E-state index is 0.0214. The number of carboxylic acid groups (broad SMARTS) is 1. The summed E-state index contributed by atoms with van der Waals surface area (Å²) in [6.07, 6.45) is -0.227. The summed E-state index contributed by atoms with van der Waals surface area (Å²) in [5.41, 5.74) is 4.69. The number of pyridine rings is 1. The summed E-state index contributed by atoms with van der Waals surface area (Å²) < 4.78 is 19.5. The van der Waals surface area contributed by atoms with E-state index in [1.807, 2.05) is 0 Å². The van der Waals surface area contributed by atoms with E-state index in [0.29, 0.717) is 5.69 Å². The number of hydrogen-bond donors (Lipinski definition) is 3. The molecule has 130 valence electrons. The molecule has 0 fully saturated rings. The lowest BCUT2D eigenvalue weighted by atomic mass is 9.98. The van der Waals surface area contributed by atoms with Gasteiger partial charge >= 0.3 is 6.09 Å². The Kier molecular flexibility index (Phi) is 5.43. The Morgan fingerprint density at radius 1 is 1.43 bits per heavy atom. The standard InChI is InChI=1S/C15H26FN3O3Si/c1-14(2,3)23(5,6)22-9-15(4,19-13(20)21)12-7-11(17)10(16)8-18-12/h7-8,19H,9H2,1-6H3,(H2,17,18)(H,20,21). The van der Waals surface area contributed by atoms with Crippen LogP contribution in [0.3, 0.4) is 0 Å². The number of nitrogens with zero attached hydrogens (tertiary/aromatic N) is 1. The molecule has 1 amide bonds. The summed E-state index contributed by atoms with van der Waals surface area (Å²) in [5.74, 6) is -0.642. The molecule has 6 nitrogen and oxygen atoms in total. The minimum atomic E-state index is -2.09. The van der Waals surface area contributed by atoms with Crippen LogP contribution < -0.4 is 11.1 Å². The molecule has 1 rings (SSSR count). The molecular formula is C15H26FN3O3Si. The molecule has 0 saturated heterocycles. The fraction of sp³-hybridized carbons (Fsp3) is 0.600. The SMILES string of the molecule is CC(CO[Si](C)(C)C(C)(C)C)(NC(=O)O)c1cc(N)c(F)cn1. The molecule has 0 aromatic carbocycles. The molecule has 0 saturated carbocycles. The molecule has 0 aliphatic carbocycles. The normalized spacial score (nSPS) is 15.1. The van der Waals surface area contributed by atoms with Gasteiger partial charge in [0.15, 0.2) is 14.1 Å². The maximum atomic E-state index is 13.3. The van der Waals surface area contributed by atoms with E-state index in [1.54, 1.807) is 6.92 Å². The second kappa shape index (κ2) is 6.44. The minimum Gasteiger partial charge on any atom is -0.465 e. The van der Waals surface area contributed by atoms with Gasteiger partial charge < -0.3 is 20.6 Å². The highest BCUT2D eigenvalue weighted by Gasteiger charge is 2.40. The summed E-state index contributed by atoms with van der Waals surface area (Å²) >= 11 is 0. The van der Waals surface area contributed by atoms with Crippen LogP contribution in [0, 0.1) is 5.82 Å². The second-order valence-electron chi connectivity index (χ2n) is 7.40. The van der Waals surface area contributed by atoms with E-state index in [4.69, 9.17) is 15.3 Å². The lowest BCUT2D eigenvalue weighted by Gasteiger charge is -2.39. The van der Waals surface area contributed by atoms with Gasteiger partial charge in [0.25, 0.3) is 0 Å². The van der Waals surface area contributed by atoms with Crippen molar-refractivity contribution in [3.05, 3.63) is 23.8 Å². The number of halogens is 1.